The van der Waals surface area contributed by atoms with Crippen LogP contribution in [0, 0.1) is 11.8 Å². The molecule has 0 amide bonds. The predicted molar refractivity (Wildman–Crippen MR) is 82.8 cm³/mol. The molecule has 122 valence electrons. The molecular weight excluding hydrogens is 271 g/mol. The first-order valence-electron chi connectivity index (χ1n) is 7.94. The second kappa shape index (κ2) is 8.12. The summed E-state index contributed by atoms with van der Waals surface area (Å²) < 4.78 is 0. The second-order valence-electron chi connectivity index (χ2n) is 6.23. The summed E-state index contributed by atoms with van der Waals surface area (Å²) in [5.41, 5.74) is 5.05. The van der Waals surface area contributed by atoms with Crippen molar-refractivity contribution in [3.8, 4) is 0 Å². The lowest BCUT2D eigenvalue weighted by Gasteiger charge is -2.43. The average Bonchev–Trinajstić information content (AvgIpc) is 2.44. The van der Waals surface area contributed by atoms with Gasteiger partial charge in [-0.05, 0) is 44.6 Å². The van der Waals surface area contributed by atoms with Crippen molar-refractivity contribution in [1.82, 2.24) is 4.90 Å². The monoisotopic (exact) mass is 300 g/mol. The quantitative estimate of drug-likeness (QED) is 0.483. The van der Waals surface area contributed by atoms with Crippen molar-refractivity contribution in [2.45, 2.75) is 51.4 Å². The maximum Gasteiger partial charge on any atom is 0.451 e. The van der Waals surface area contributed by atoms with Gasteiger partial charge in [-0.25, -0.2) is 0 Å². The lowest BCUT2D eigenvalue weighted by molar-refractivity contribution is -0.148. The van der Waals surface area contributed by atoms with Crippen molar-refractivity contribution in [2.24, 2.45) is 17.6 Å². The van der Waals surface area contributed by atoms with Gasteiger partial charge in [0.15, 0.2) is 0 Å². The molecule has 21 heavy (non-hydrogen) atoms. The van der Waals surface area contributed by atoms with Crippen molar-refractivity contribution in [3.05, 3.63) is 0 Å². The van der Waals surface area contributed by atoms with Crippen LogP contribution in [0.25, 0.3) is 0 Å². The van der Waals surface area contributed by atoms with Crippen LogP contribution in [0.15, 0.2) is 0 Å². The molecule has 0 heterocycles. The highest BCUT2D eigenvalue weighted by atomic mass is 16.4. The highest BCUT2D eigenvalue weighted by Crippen LogP contribution is 2.38. The first-order chi connectivity index (χ1) is 9.83. The van der Waals surface area contributed by atoms with E-state index < -0.39 is 18.6 Å². The minimum Gasteiger partial charge on any atom is -0.480 e. The van der Waals surface area contributed by atoms with Gasteiger partial charge in [0, 0.05) is 12.5 Å². The Balaban J connectivity index is 2.72. The van der Waals surface area contributed by atoms with E-state index in [2.05, 4.69) is 18.7 Å². The Morgan fingerprint density at radius 2 is 1.95 bits per heavy atom. The van der Waals surface area contributed by atoms with E-state index in [0.717, 1.165) is 25.9 Å². The van der Waals surface area contributed by atoms with Crippen LogP contribution in [0.5, 0.6) is 0 Å². The molecule has 0 radical (unpaired) electrons. The number of hydrogen-bond acceptors (Lipinski definition) is 5. The fourth-order valence-electron chi connectivity index (χ4n) is 3.38. The number of nitrogens with zero attached hydrogens (tertiary/aromatic N) is 1. The summed E-state index contributed by atoms with van der Waals surface area (Å²) in [6.45, 7) is 6.63. The van der Waals surface area contributed by atoms with Crippen LogP contribution in [-0.2, 0) is 4.79 Å². The molecule has 0 unspecified atom stereocenters. The molecule has 1 aliphatic rings. The molecule has 7 heteroatoms. The fraction of sp³-hybridized carbons (Fsp3) is 0.929. The summed E-state index contributed by atoms with van der Waals surface area (Å²) in [4.78, 5) is 13.9. The molecule has 0 aromatic heterocycles. The molecule has 1 fully saturated rings. The molecule has 0 aromatic carbocycles. The molecule has 3 atom stereocenters. The van der Waals surface area contributed by atoms with Crippen LogP contribution in [0.4, 0.5) is 0 Å². The smallest absolute Gasteiger partial charge is 0.451 e. The maximum absolute atomic E-state index is 11.7. The summed E-state index contributed by atoms with van der Waals surface area (Å²) in [5.74, 6) is -0.833. The molecule has 1 aliphatic carbocycles. The Labute approximate surface area is 127 Å². The van der Waals surface area contributed by atoms with E-state index in [4.69, 9.17) is 15.8 Å². The zero-order valence-corrected chi connectivity index (χ0v) is 13.2. The van der Waals surface area contributed by atoms with Gasteiger partial charge in [0.1, 0.15) is 5.54 Å². The Morgan fingerprint density at radius 1 is 1.33 bits per heavy atom. The van der Waals surface area contributed by atoms with Crippen LogP contribution in [0.3, 0.4) is 0 Å². The van der Waals surface area contributed by atoms with E-state index in [-0.39, 0.29) is 18.2 Å². The molecule has 0 aromatic rings. The first-order valence-corrected chi connectivity index (χ1v) is 7.94. The zero-order valence-electron chi connectivity index (χ0n) is 13.2. The highest BCUT2D eigenvalue weighted by molar-refractivity contribution is 6.40. The molecule has 1 saturated carbocycles. The zero-order chi connectivity index (χ0) is 16.0. The van der Waals surface area contributed by atoms with E-state index in [1.54, 1.807) is 0 Å². The normalized spacial score (nSPS) is 29.6. The van der Waals surface area contributed by atoms with Gasteiger partial charge in [-0.3, -0.25) is 4.79 Å². The van der Waals surface area contributed by atoms with Gasteiger partial charge in [0.25, 0.3) is 0 Å². The Hall–Kier alpha value is -0.625. The van der Waals surface area contributed by atoms with Gasteiger partial charge < -0.3 is 25.8 Å². The molecule has 0 saturated heterocycles. The number of nitrogens with two attached hydrogens (primary N) is 1. The van der Waals surface area contributed by atoms with Crippen LogP contribution in [-0.4, -0.2) is 58.3 Å². The van der Waals surface area contributed by atoms with Gasteiger partial charge >= 0.3 is 13.1 Å². The predicted octanol–water partition coefficient (Wildman–Crippen LogP) is 0.390. The fourth-order valence-corrected chi connectivity index (χ4v) is 3.38. The van der Waals surface area contributed by atoms with Crippen molar-refractivity contribution < 1.29 is 19.9 Å². The lowest BCUT2D eigenvalue weighted by Crippen LogP contribution is -2.60. The topological polar surface area (TPSA) is 107 Å². The highest BCUT2D eigenvalue weighted by Gasteiger charge is 2.47. The SMILES string of the molecule is CCN(CC)C[C@H]1CC[C@@H](CCB(O)O)C[C@]1(N)C(=O)O. The average molecular weight is 300 g/mol. The Kier molecular flexibility index (Phi) is 7.13. The number of carbonyl (C=O) groups is 1. The third-order valence-electron chi connectivity index (χ3n) is 4.88. The van der Waals surface area contributed by atoms with Crippen LogP contribution >= 0.6 is 0 Å². The molecule has 5 N–H and O–H groups in total. The van der Waals surface area contributed by atoms with E-state index in [1.807, 2.05) is 0 Å². The summed E-state index contributed by atoms with van der Waals surface area (Å²) in [5, 5.41) is 27.5. The summed E-state index contributed by atoms with van der Waals surface area (Å²) in [7, 11) is -1.32. The molecule has 0 bridgehead atoms. The van der Waals surface area contributed by atoms with Crippen LogP contribution in [0.1, 0.15) is 39.5 Å². The van der Waals surface area contributed by atoms with Crippen molar-refractivity contribution in [3.63, 3.8) is 0 Å². The molecular formula is C14H29BN2O4. The summed E-state index contributed by atoms with van der Waals surface area (Å²) in [6.07, 6.45) is 3.00. The second-order valence-corrected chi connectivity index (χ2v) is 6.23. The minimum absolute atomic E-state index is 0.0507. The van der Waals surface area contributed by atoms with Gasteiger partial charge in [-0.1, -0.05) is 20.3 Å². The van der Waals surface area contributed by atoms with Crippen molar-refractivity contribution >= 4 is 13.1 Å². The number of carboxylic acids is 1. The summed E-state index contributed by atoms with van der Waals surface area (Å²) >= 11 is 0. The molecule has 1 rings (SSSR count). The van der Waals surface area contributed by atoms with Crippen LogP contribution < -0.4 is 5.73 Å². The number of rotatable bonds is 8. The van der Waals surface area contributed by atoms with Crippen molar-refractivity contribution in [2.75, 3.05) is 19.6 Å². The minimum atomic E-state index is -1.32. The van der Waals surface area contributed by atoms with Gasteiger partial charge in [-0.15, -0.1) is 0 Å². The lowest BCUT2D eigenvalue weighted by atomic mass is 9.66. The first kappa shape index (κ1) is 18.4. The van der Waals surface area contributed by atoms with Crippen molar-refractivity contribution in [1.29, 1.82) is 0 Å². The van der Waals surface area contributed by atoms with Crippen LogP contribution in [0.2, 0.25) is 6.32 Å². The largest absolute Gasteiger partial charge is 0.480 e. The van der Waals surface area contributed by atoms with Gasteiger partial charge in [0.2, 0.25) is 0 Å². The third-order valence-corrected chi connectivity index (χ3v) is 4.88. The van der Waals surface area contributed by atoms with E-state index in [0.29, 0.717) is 19.4 Å². The van der Waals surface area contributed by atoms with Gasteiger partial charge in [-0.2, -0.15) is 0 Å². The van der Waals surface area contributed by atoms with E-state index >= 15 is 0 Å². The standard InChI is InChI=1S/C14H29BN2O4/c1-3-17(4-2)10-12-6-5-11(7-8-15(20)21)9-14(12,16)13(18)19/h11-12,20-21H,3-10,16H2,1-2H3,(H,18,19)/t11-,12+,14+/m0/s1. The Bertz CT molecular complexity index is 339. The number of aliphatic carboxylic acids is 1. The molecule has 0 spiro atoms. The van der Waals surface area contributed by atoms with E-state index in [1.165, 1.54) is 0 Å². The number of carboxylic acid groups (broad SMARTS) is 1. The Morgan fingerprint density at radius 3 is 2.43 bits per heavy atom. The van der Waals surface area contributed by atoms with Gasteiger partial charge in [0.05, 0.1) is 0 Å². The molecule has 0 aliphatic heterocycles. The van der Waals surface area contributed by atoms with E-state index in [9.17, 15) is 9.90 Å². The number of hydrogen-bond donors (Lipinski definition) is 4. The summed E-state index contributed by atoms with van der Waals surface area (Å²) in [6, 6.07) is 0. The molecule has 6 nitrogen and oxygen atoms in total. The maximum atomic E-state index is 11.7. The third kappa shape index (κ3) is 4.95.